The molecule has 0 atom stereocenters. The van der Waals surface area contributed by atoms with Crippen LogP contribution in [0.1, 0.15) is 13.8 Å². The van der Waals surface area contributed by atoms with Crippen LogP contribution in [0.4, 0.5) is 0 Å². The maximum Gasteiger partial charge on any atom is 0.00815 e. The fourth-order valence-electron chi connectivity index (χ4n) is 0.250. The molecule has 0 rings (SSSR count). The Labute approximate surface area is 50.0 Å². The lowest BCUT2D eigenvalue weighted by Crippen LogP contribution is -2.10. The van der Waals surface area contributed by atoms with Crippen molar-refractivity contribution in [2.24, 2.45) is 5.92 Å². The summed E-state index contributed by atoms with van der Waals surface area (Å²) in [5, 5.41) is 0. The minimum Gasteiger partial charge on any atom is -0.264 e. The summed E-state index contributed by atoms with van der Waals surface area (Å²) in [5.74, 6) is 0.771. The Morgan fingerprint density at radius 2 is 2.14 bits per heavy atom. The molecule has 0 radical (unpaired) electrons. The third-order valence-electron chi connectivity index (χ3n) is 0.636. The van der Waals surface area contributed by atoms with E-state index in [0.717, 1.165) is 12.5 Å². The van der Waals surface area contributed by atoms with E-state index in [1.54, 1.807) is 11.9 Å². The second-order valence-electron chi connectivity index (χ2n) is 1.95. The van der Waals surface area contributed by atoms with Crippen molar-refractivity contribution in [1.82, 2.24) is 4.72 Å². The van der Waals surface area contributed by atoms with Gasteiger partial charge in [0.2, 0.25) is 0 Å². The molecule has 0 spiro atoms. The average molecular weight is 119 g/mol. The molecule has 0 saturated carbocycles. The van der Waals surface area contributed by atoms with Crippen molar-refractivity contribution in [2.45, 2.75) is 13.8 Å². The van der Waals surface area contributed by atoms with Gasteiger partial charge in [-0.15, -0.1) is 0 Å². The zero-order chi connectivity index (χ0) is 5.70. The SMILES string of the molecule is CSNCC(C)C. The highest BCUT2D eigenvalue weighted by Crippen LogP contribution is 1.90. The van der Waals surface area contributed by atoms with Gasteiger partial charge in [0.15, 0.2) is 0 Å². The second-order valence-corrected chi connectivity index (χ2v) is 2.64. The van der Waals surface area contributed by atoms with Crippen molar-refractivity contribution in [3.05, 3.63) is 0 Å². The van der Waals surface area contributed by atoms with E-state index in [2.05, 4.69) is 18.6 Å². The van der Waals surface area contributed by atoms with Gasteiger partial charge in [-0.1, -0.05) is 25.8 Å². The Hall–Kier alpha value is 0.310. The summed E-state index contributed by atoms with van der Waals surface area (Å²) in [6.45, 7) is 5.51. The van der Waals surface area contributed by atoms with Gasteiger partial charge in [-0.3, -0.25) is 4.72 Å². The molecule has 1 nitrogen and oxygen atoms in total. The zero-order valence-electron chi connectivity index (χ0n) is 5.19. The maximum absolute atomic E-state index is 3.16. The van der Waals surface area contributed by atoms with E-state index in [4.69, 9.17) is 0 Å². The molecule has 0 amide bonds. The summed E-state index contributed by atoms with van der Waals surface area (Å²) in [6, 6.07) is 0. The lowest BCUT2D eigenvalue weighted by atomic mass is 10.2. The quantitative estimate of drug-likeness (QED) is 0.565. The summed E-state index contributed by atoms with van der Waals surface area (Å²) in [4.78, 5) is 0. The van der Waals surface area contributed by atoms with Crippen LogP contribution in [0.2, 0.25) is 0 Å². The highest BCUT2D eigenvalue weighted by Gasteiger charge is 1.87. The Kier molecular flexibility index (Phi) is 4.67. The minimum atomic E-state index is 0.771. The maximum atomic E-state index is 3.16. The highest BCUT2D eigenvalue weighted by atomic mass is 32.2. The monoisotopic (exact) mass is 119 g/mol. The molecule has 0 aromatic carbocycles. The molecular weight excluding hydrogens is 106 g/mol. The topological polar surface area (TPSA) is 12.0 Å². The molecule has 1 N–H and O–H groups in total. The number of nitrogens with one attached hydrogen (secondary N) is 1. The first-order valence-electron chi connectivity index (χ1n) is 2.53. The van der Waals surface area contributed by atoms with Crippen LogP contribution < -0.4 is 4.72 Å². The normalized spacial score (nSPS) is 10.3. The molecule has 0 fully saturated rings. The number of hydrogen-bond acceptors (Lipinski definition) is 2. The van der Waals surface area contributed by atoms with Crippen LogP contribution in [0.5, 0.6) is 0 Å². The molecule has 0 aromatic rings. The number of rotatable bonds is 3. The summed E-state index contributed by atoms with van der Waals surface area (Å²) in [5.41, 5.74) is 0. The Bertz CT molecular complexity index is 37.1. The molecule has 0 bridgehead atoms. The molecule has 0 unspecified atom stereocenters. The van der Waals surface area contributed by atoms with E-state index in [1.165, 1.54) is 0 Å². The molecular formula is C5H13NS. The summed E-state index contributed by atoms with van der Waals surface area (Å²) >= 11 is 1.68. The zero-order valence-corrected chi connectivity index (χ0v) is 6.01. The molecule has 7 heavy (non-hydrogen) atoms. The van der Waals surface area contributed by atoms with Gasteiger partial charge in [-0.2, -0.15) is 0 Å². The van der Waals surface area contributed by atoms with Gasteiger partial charge in [0.25, 0.3) is 0 Å². The lowest BCUT2D eigenvalue weighted by Gasteiger charge is -2.01. The van der Waals surface area contributed by atoms with Gasteiger partial charge in [0.05, 0.1) is 0 Å². The minimum absolute atomic E-state index is 0.771. The molecule has 2 heteroatoms. The van der Waals surface area contributed by atoms with Crippen LogP contribution >= 0.6 is 11.9 Å². The molecule has 0 aliphatic carbocycles. The molecule has 0 aliphatic rings. The Morgan fingerprint density at radius 3 is 2.29 bits per heavy atom. The van der Waals surface area contributed by atoms with Gasteiger partial charge in [0, 0.05) is 6.54 Å². The predicted octanol–water partition coefficient (Wildman–Crippen LogP) is 1.51. The first-order chi connectivity index (χ1) is 3.27. The van der Waals surface area contributed by atoms with Gasteiger partial charge in [0.1, 0.15) is 0 Å². The summed E-state index contributed by atoms with van der Waals surface area (Å²) in [7, 11) is 0. The molecule has 0 aliphatic heterocycles. The van der Waals surface area contributed by atoms with Crippen molar-refractivity contribution in [2.75, 3.05) is 12.8 Å². The average Bonchev–Trinajstić information content (AvgIpc) is 1.61. The van der Waals surface area contributed by atoms with E-state index >= 15 is 0 Å². The Morgan fingerprint density at radius 1 is 1.57 bits per heavy atom. The first kappa shape index (κ1) is 7.31. The van der Waals surface area contributed by atoms with Crippen molar-refractivity contribution < 1.29 is 0 Å². The third kappa shape index (κ3) is 6.31. The molecule has 44 valence electrons. The van der Waals surface area contributed by atoms with Crippen molar-refractivity contribution in [3.63, 3.8) is 0 Å². The van der Waals surface area contributed by atoms with Crippen molar-refractivity contribution in [1.29, 1.82) is 0 Å². The van der Waals surface area contributed by atoms with Gasteiger partial charge >= 0.3 is 0 Å². The van der Waals surface area contributed by atoms with Crippen LogP contribution in [0.3, 0.4) is 0 Å². The second kappa shape index (κ2) is 4.47. The molecule has 0 aromatic heterocycles. The summed E-state index contributed by atoms with van der Waals surface area (Å²) < 4.78 is 3.16. The molecule has 0 saturated heterocycles. The van der Waals surface area contributed by atoms with E-state index in [-0.39, 0.29) is 0 Å². The fourth-order valence-corrected chi connectivity index (χ4v) is 0.750. The smallest absolute Gasteiger partial charge is 0.00815 e. The fraction of sp³-hybridized carbons (Fsp3) is 1.00. The van der Waals surface area contributed by atoms with Crippen LogP contribution in [0.15, 0.2) is 0 Å². The lowest BCUT2D eigenvalue weighted by molar-refractivity contribution is 0.640. The van der Waals surface area contributed by atoms with E-state index in [1.807, 2.05) is 6.26 Å². The largest absolute Gasteiger partial charge is 0.264 e. The van der Waals surface area contributed by atoms with Crippen molar-refractivity contribution >= 4 is 11.9 Å². The van der Waals surface area contributed by atoms with Gasteiger partial charge in [-0.25, -0.2) is 0 Å². The van der Waals surface area contributed by atoms with E-state index < -0.39 is 0 Å². The van der Waals surface area contributed by atoms with Gasteiger partial charge in [-0.05, 0) is 12.2 Å². The third-order valence-corrected chi connectivity index (χ3v) is 1.09. The predicted molar refractivity (Wildman–Crippen MR) is 36.4 cm³/mol. The van der Waals surface area contributed by atoms with E-state index in [0.29, 0.717) is 0 Å². The van der Waals surface area contributed by atoms with Crippen molar-refractivity contribution in [3.8, 4) is 0 Å². The van der Waals surface area contributed by atoms with Crippen LogP contribution in [-0.2, 0) is 0 Å². The highest BCUT2D eigenvalue weighted by molar-refractivity contribution is 7.96. The standard InChI is InChI=1S/C5H13NS/c1-5(2)4-6-7-3/h5-6H,4H2,1-3H3. The van der Waals surface area contributed by atoms with Crippen LogP contribution in [-0.4, -0.2) is 12.8 Å². The van der Waals surface area contributed by atoms with E-state index in [9.17, 15) is 0 Å². The summed E-state index contributed by atoms with van der Waals surface area (Å²) in [6.07, 6.45) is 2.04. The van der Waals surface area contributed by atoms with Gasteiger partial charge < -0.3 is 0 Å². The number of hydrogen-bond donors (Lipinski definition) is 1. The first-order valence-corrected chi connectivity index (χ1v) is 3.75. The van der Waals surface area contributed by atoms with Crippen LogP contribution in [0, 0.1) is 5.92 Å². The van der Waals surface area contributed by atoms with Crippen LogP contribution in [0.25, 0.3) is 0 Å². The molecule has 0 heterocycles. The Balaban J connectivity index is 2.68.